The minimum atomic E-state index is -0.296. The van der Waals surface area contributed by atoms with Gasteiger partial charge in [0.25, 0.3) is 0 Å². The van der Waals surface area contributed by atoms with E-state index in [1.165, 1.54) is 59.0 Å². The van der Waals surface area contributed by atoms with E-state index in [0.717, 1.165) is 32.5 Å². The van der Waals surface area contributed by atoms with Crippen molar-refractivity contribution in [3.05, 3.63) is 72.1 Å². The molecule has 2 fully saturated rings. The average Bonchev–Trinajstić information content (AvgIpc) is 3.76. The van der Waals surface area contributed by atoms with Gasteiger partial charge in [-0.2, -0.15) is 0 Å². The number of carbonyl (C=O) groups is 1. The van der Waals surface area contributed by atoms with Crippen molar-refractivity contribution in [2.75, 3.05) is 13.2 Å². The summed E-state index contributed by atoms with van der Waals surface area (Å²) in [6, 6.07) is 9.38. The number of hydrogen-bond acceptors (Lipinski definition) is 3. The van der Waals surface area contributed by atoms with Crippen LogP contribution in [0.25, 0.3) is 16.3 Å². The Hall–Kier alpha value is -2.52. The van der Waals surface area contributed by atoms with E-state index < -0.39 is 0 Å². The third-order valence-electron chi connectivity index (χ3n) is 9.76. The average molecular weight is 556 g/mol. The standard InChI is InChI=1S/C36H47NO2.C2H6/c1-6-9-14-34(38)36-18-10-13-30(32(36)22-36)26-15-16-31-27(20-26)21-33(28-17-19-39-23-25(28)5)37-35(31)29(12-8-3)24(4)11-7-2;1-2/h6,10,13,15-16,18,20-21,24-25,28-29,32H,1,7-9,11-12,14,17,19,22-23H2,2-5H3;1-2H3/t24-,25-,28?,29?,32?,36?;/m0./s1. The van der Waals surface area contributed by atoms with E-state index >= 15 is 0 Å². The number of carbonyl (C=O) groups excluding carboxylic acids is 1. The first-order valence-corrected chi connectivity index (χ1v) is 16.5. The van der Waals surface area contributed by atoms with Crippen LogP contribution in [0, 0.1) is 23.2 Å². The summed E-state index contributed by atoms with van der Waals surface area (Å²) in [6.07, 6.45) is 16.5. The van der Waals surface area contributed by atoms with Crippen LogP contribution >= 0.6 is 0 Å². The van der Waals surface area contributed by atoms with Crippen LogP contribution in [0.3, 0.4) is 0 Å². The first kappa shape index (κ1) is 31.4. The van der Waals surface area contributed by atoms with E-state index in [2.05, 4.69) is 76.8 Å². The lowest BCUT2D eigenvalue weighted by atomic mass is 9.80. The summed E-state index contributed by atoms with van der Waals surface area (Å²) in [6.45, 7) is 18.8. The normalized spacial score (nSPS) is 26.3. The molecule has 1 aromatic heterocycles. The van der Waals surface area contributed by atoms with Gasteiger partial charge in [0.2, 0.25) is 0 Å². The molecule has 2 aliphatic carbocycles. The van der Waals surface area contributed by atoms with Crippen molar-refractivity contribution >= 4 is 22.1 Å². The Morgan fingerprint density at radius 2 is 1.98 bits per heavy atom. The van der Waals surface area contributed by atoms with Gasteiger partial charge in [0.1, 0.15) is 5.78 Å². The van der Waals surface area contributed by atoms with Gasteiger partial charge in [0.05, 0.1) is 11.1 Å². The third kappa shape index (κ3) is 6.46. The lowest BCUT2D eigenvalue weighted by molar-refractivity contribution is -0.122. The van der Waals surface area contributed by atoms with E-state index in [1.54, 1.807) is 0 Å². The minimum absolute atomic E-state index is 0.296. The van der Waals surface area contributed by atoms with Gasteiger partial charge in [0.15, 0.2) is 0 Å². The summed E-state index contributed by atoms with van der Waals surface area (Å²) >= 11 is 0. The maximum atomic E-state index is 13.1. The molecule has 3 aliphatic rings. The van der Waals surface area contributed by atoms with Crippen molar-refractivity contribution in [3.63, 3.8) is 0 Å². The number of pyridine rings is 1. The zero-order valence-electron chi connectivity index (χ0n) is 26.5. The van der Waals surface area contributed by atoms with Crippen LogP contribution in [-0.2, 0) is 9.53 Å². The monoisotopic (exact) mass is 555 g/mol. The van der Waals surface area contributed by atoms with Crippen molar-refractivity contribution in [3.8, 4) is 0 Å². The summed E-state index contributed by atoms with van der Waals surface area (Å²) in [7, 11) is 0. The molecule has 0 radical (unpaired) electrons. The number of fused-ring (bicyclic) bond motifs is 2. The van der Waals surface area contributed by atoms with E-state index in [4.69, 9.17) is 9.72 Å². The topological polar surface area (TPSA) is 39.2 Å². The number of aromatic nitrogens is 1. The minimum Gasteiger partial charge on any atom is -0.381 e. The second-order valence-electron chi connectivity index (χ2n) is 12.5. The summed E-state index contributed by atoms with van der Waals surface area (Å²) in [5.41, 5.74) is 4.82. The summed E-state index contributed by atoms with van der Waals surface area (Å²) in [5, 5.41) is 2.61. The third-order valence-corrected chi connectivity index (χ3v) is 9.76. The fourth-order valence-electron chi connectivity index (χ4n) is 7.39. The molecule has 5 rings (SSSR count). The maximum Gasteiger partial charge on any atom is 0.143 e. The van der Waals surface area contributed by atoms with Gasteiger partial charge in [-0.3, -0.25) is 9.78 Å². The molecule has 0 bridgehead atoms. The van der Waals surface area contributed by atoms with Crippen LogP contribution in [-0.4, -0.2) is 24.0 Å². The predicted molar refractivity (Wildman–Crippen MR) is 174 cm³/mol. The number of nitrogens with zero attached hydrogens (tertiary/aromatic N) is 1. The molecule has 1 aliphatic heterocycles. The smallest absolute Gasteiger partial charge is 0.143 e. The molecule has 4 unspecified atom stereocenters. The highest BCUT2D eigenvalue weighted by molar-refractivity contribution is 5.97. The number of hydrogen-bond donors (Lipinski definition) is 0. The largest absolute Gasteiger partial charge is 0.381 e. The van der Waals surface area contributed by atoms with Crippen LogP contribution in [0.1, 0.15) is 122 Å². The van der Waals surface area contributed by atoms with Crippen LogP contribution in [0.5, 0.6) is 0 Å². The fourth-order valence-corrected chi connectivity index (χ4v) is 7.39. The molecular weight excluding hydrogens is 502 g/mol. The van der Waals surface area contributed by atoms with Crippen LogP contribution in [0.2, 0.25) is 0 Å². The maximum absolute atomic E-state index is 13.1. The zero-order valence-corrected chi connectivity index (χ0v) is 26.5. The Labute approximate surface area is 249 Å². The highest BCUT2D eigenvalue weighted by Crippen LogP contribution is 2.63. The van der Waals surface area contributed by atoms with Gasteiger partial charge < -0.3 is 4.74 Å². The molecular formula is C38H53NO2. The Morgan fingerprint density at radius 1 is 1.20 bits per heavy atom. The van der Waals surface area contributed by atoms with Crippen molar-refractivity contribution < 1.29 is 9.53 Å². The summed E-state index contributed by atoms with van der Waals surface area (Å²) in [4.78, 5) is 18.6. The quantitative estimate of drug-likeness (QED) is 0.245. The molecule has 1 saturated heterocycles. The molecule has 3 nitrogen and oxygen atoms in total. The Balaban J connectivity index is 0.00000189. The Kier molecular flexibility index (Phi) is 10.8. The number of ether oxygens (including phenoxy) is 1. The molecule has 2 aromatic rings. The number of allylic oxidation sites excluding steroid dienone is 5. The highest BCUT2D eigenvalue weighted by atomic mass is 16.5. The van der Waals surface area contributed by atoms with E-state index in [-0.39, 0.29) is 5.41 Å². The van der Waals surface area contributed by atoms with Gasteiger partial charge in [-0.05, 0) is 66.2 Å². The lowest BCUT2D eigenvalue weighted by Gasteiger charge is -2.31. The van der Waals surface area contributed by atoms with E-state index in [9.17, 15) is 4.79 Å². The first-order chi connectivity index (χ1) is 19.9. The summed E-state index contributed by atoms with van der Waals surface area (Å²) in [5.74, 6) is 2.64. The van der Waals surface area contributed by atoms with Crippen molar-refractivity contribution in [2.24, 2.45) is 23.2 Å². The first-order valence-electron chi connectivity index (χ1n) is 16.5. The number of Topliss-reactive ketones (excluding diaryl/α,β-unsaturated/α-hetero) is 1. The number of rotatable bonds is 12. The molecule has 1 saturated carbocycles. The van der Waals surface area contributed by atoms with Gasteiger partial charge in [-0.25, -0.2) is 0 Å². The van der Waals surface area contributed by atoms with E-state index in [0.29, 0.717) is 41.8 Å². The summed E-state index contributed by atoms with van der Waals surface area (Å²) < 4.78 is 5.80. The van der Waals surface area contributed by atoms with Crippen LogP contribution in [0.4, 0.5) is 0 Å². The van der Waals surface area contributed by atoms with Gasteiger partial charge >= 0.3 is 0 Å². The molecule has 6 atom stereocenters. The Morgan fingerprint density at radius 3 is 2.68 bits per heavy atom. The molecule has 1 aromatic carbocycles. The molecule has 0 N–H and O–H groups in total. The highest BCUT2D eigenvalue weighted by Gasteiger charge is 2.59. The molecule has 0 spiro atoms. The van der Waals surface area contributed by atoms with Gasteiger partial charge in [0, 0.05) is 48.5 Å². The van der Waals surface area contributed by atoms with Gasteiger partial charge in [-0.15, -0.1) is 6.58 Å². The van der Waals surface area contributed by atoms with Crippen molar-refractivity contribution in [1.29, 1.82) is 0 Å². The van der Waals surface area contributed by atoms with Gasteiger partial charge in [-0.1, -0.05) is 97.2 Å². The van der Waals surface area contributed by atoms with E-state index in [1.807, 2.05) is 19.9 Å². The Bertz CT molecular complexity index is 1270. The number of benzene rings is 1. The second kappa shape index (κ2) is 14.1. The molecule has 0 amide bonds. The predicted octanol–water partition coefficient (Wildman–Crippen LogP) is 10.2. The van der Waals surface area contributed by atoms with Crippen molar-refractivity contribution in [1.82, 2.24) is 4.98 Å². The lowest BCUT2D eigenvalue weighted by Crippen LogP contribution is -2.25. The zero-order chi connectivity index (χ0) is 29.6. The fraction of sp³-hybridized carbons (Fsp3) is 0.579. The molecule has 41 heavy (non-hydrogen) atoms. The molecule has 3 heteroatoms. The SMILES string of the molecule is C=CCCC(=O)C12C=CC=C(c3ccc4c(C(CCC)[C@@H](C)CCC)nc(C5CCOC[C@@H]5C)cc4c3)C1C2.CC. The second-order valence-corrected chi connectivity index (χ2v) is 12.5. The number of ketones is 1. The van der Waals surface area contributed by atoms with Crippen molar-refractivity contribution in [2.45, 2.75) is 105 Å². The van der Waals surface area contributed by atoms with Crippen LogP contribution < -0.4 is 0 Å². The molecule has 2 heterocycles. The van der Waals surface area contributed by atoms with Crippen LogP contribution in [0.15, 0.2) is 55.1 Å². The molecule has 222 valence electrons.